The summed E-state index contributed by atoms with van der Waals surface area (Å²) >= 11 is 8.72. The molecule has 0 spiro atoms. The third-order valence-electron chi connectivity index (χ3n) is 5.49. The van der Waals surface area contributed by atoms with Gasteiger partial charge in [0.05, 0.1) is 0 Å². The average Bonchev–Trinajstić information content (AvgIpc) is 2.75. The summed E-state index contributed by atoms with van der Waals surface area (Å²) in [6, 6.07) is 13.4. The van der Waals surface area contributed by atoms with Crippen LogP contribution in [0, 0.1) is 5.92 Å². The van der Waals surface area contributed by atoms with Crippen molar-refractivity contribution in [3.8, 4) is 0 Å². The van der Waals surface area contributed by atoms with Crippen LogP contribution in [0.15, 0.2) is 53.4 Å². The molecule has 0 aromatic heterocycles. The number of carbonyl (C=O) groups is 1. The third-order valence-corrected chi connectivity index (χ3v) is 8.39. The van der Waals surface area contributed by atoms with Crippen molar-refractivity contribution in [2.45, 2.75) is 56.4 Å². The van der Waals surface area contributed by atoms with Crippen LogP contribution < -0.4 is 10.1 Å². The number of nitrogens with two attached hydrogens (primary N) is 1. The van der Waals surface area contributed by atoms with Crippen LogP contribution in [0.4, 0.5) is 0 Å². The molecule has 2 aromatic carbocycles. The minimum absolute atomic E-state index is 0.0849. The molecule has 2 rings (SSSR count). The second-order valence-electron chi connectivity index (χ2n) is 8.62. The number of aliphatic hydroxyl groups is 1. The van der Waals surface area contributed by atoms with Gasteiger partial charge in [-0.3, -0.25) is 4.79 Å². The molecule has 1 amide bonds. The molecule has 0 aliphatic carbocycles. The SMILES string of the molecule is CC(C)CN(C(CO)CCCC(CC(N)=O)c1ccccc1Cl)S(=O)(=O)c1ccc([As])cc1. The van der Waals surface area contributed by atoms with E-state index in [2.05, 4.69) is 16.9 Å². The Hall–Kier alpha value is -1.37. The van der Waals surface area contributed by atoms with Crippen LogP contribution >= 0.6 is 11.6 Å². The van der Waals surface area contributed by atoms with Crippen molar-refractivity contribution < 1.29 is 18.3 Å². The van der Waals surface area contributed by atoms with Crippen molar-refractivity contribution in [3.05, 3.63) is 59.1 Å². The maximum atomic E-state index is 13.4. The zero-order chi connectivity index (χ0) is 24.6. The van der Waals surface area contributed by atoms with Crippen molar-refractivity contribution in [2.24, 2.45) is 11.7 Å². The van der Waals surface area contributed by atoms with Gasteiger partial charge in [0.2, 0.25) is 5.91 Å². The van der Waals surface area contributed by atoms with Gasteiger partial charge in [-0.2, -0.15) is 0 Å². The molecule has 6 nitrogen and oxygen atoms in total. The summed E-state index contributed by atoms with van der Waals surface area (Å²) in [7, 11) is -3.78. The Morgan fingerprint density at radius 2 is 1.76 bits per heavy atom. The van der Waals surface area contributed by atoms with Crippen LogP contribution in [0.5, 0.6) is 0 Å². The molecule has 33 heavy (non-hydrogen) atoms. The number of halogens is 1. The van der Waals surface area contributed by atoms with Crippen molar-refractivity contribution in [2.75, 3.05) is 13.2 Å². The zero-order valence-corrected chi connectivity index (χ0v) is 22.5. The first-order valence-corrected chi connectivity index (χ1v) is 13.8. The molecule has 2 radical (unpaired) electrons. The predicted molar refractivity (Wildman–Crippen MR) is 133 cm³/mol. The molecule has 0 bridgehead atoms. The molecule has 180 valence electrons. The second-order valence-corrected chi connectivity index (χ2v) is 12.0. The van der Waals surface area contributed by atoms with E-state index in [9.17, 15) is 18.3 Å². The minimum atomic E-state index is -3.78. The Bertz CT molecular complexity index is 1020. The molecular formula is C24H32AsClN2O4S. The summed E-state index contributed by atoms with van der Waals surface area (Å²) in [5.41, 5.74) is 6.31. The van der Waals surface area contributed by atoms with Crippen LogP contribution in [-0.4, -0.2) is 59.8 Å². The summed E-state index contributed by atoms with van der Waals surface area (Å²) in [6.07, 6.45) is 1.80. The molecule has 3 N–H and O–H groups in total. The molecule has 2 aromatic rings. The van der Waals surface area contributed by atoms with E-state index in [1.54, 1.807) is 30.3 Å². The van der Waals surface area contributed by atoms with Crippen molar-refractivity contribution in [1.29, 1.82) is 0 Å². The van der Waals surface area contributed by atoms with E-state index in [-0.39, 0.29) is 29.8 Å². The Kier molecular flexibility index (Phi) is 10.9. The van der Waals surface area contributed by atoms with Gasteiger partial charge in [-0.15, -0.1) is 0 Å². The summed E-state index contributed by atoms with van der Waals surface area (Å²) in [4.78, 5) is 11.8. The van der Waals surface area contributed by atoms with Crippen molar-refractivity contribution in [1.82, 2.24) is 4.31 Å². The van der Waals surface area contributed by atoms with Gasteiger partial charge in [0.25, 0.3) is 0 Å². The number of rotatable bonds is 13. The fraction of sp³-hybridized carbons (Fsp3) is 0.458. The van der Waals surface area contributed by atoms with Gasteiger partial charge in [0.1, 0.15) is 0 Å². The number of hydrogen-bond donors (Lipinski definition) is 2. The van der Waals surface area contributed by atoms with Gasteiger partial charge in [0, 0.05) is 5.02 Å². The zero-order valence-electron chi connectivity index (χ0n) is 19.0. The summed E-state index contributed by atoms with van der Waals surface area (Å²) in [5, 5.41) is 10.7. The normalized spacial score (nSPS) is 13.9. The quantitative estimate of drug-likeness (QED) is 0.372. The van der Waals surface area contributed by atoms with Gasteiger partial charge in [-0.25, -0.2) is 0 Å². The van der Waals surface area contributed by atoms with E-state index < -0.39 is 22.0 Å². The average molecular weight is 555 g/mol. The van der Waals surface area contributed by atoms with Crippen molar-refractivity contribution in [3.63, 3.8) is 0 Å². The molecule has 0 heterocycles. The fourth-order valence-corrected chi connectivity index (χ4v) is 6.31. The number of benzene rings is 2. The summed E-state index contributed by atoms with van der Waals surface area (Å²) < 4.78 is 29.2. The number of aliphatic hydroxyl groups excluding tert-OH is 1. The molecule has 2 atom stereocenters. The number of hydrogen-bond acceptors (Lipinski definition) is 4. The van der Waals surface area contributed by atoms with E-state index in [0.29, 0.717) is 30.8 Å². The number of amides is 1. The van der Waals surface area contributed by atoms with Crippen LogP contribution in [0.25, 0.3) is 0 Å². The Morgan fingerprint density at radius 1 is 1.12 bits per heavy atom. The topological polar surface area (TPSA) is 101 Å². The molecular weight excluding hydrogens is 523 g/mol. The molecule has 0 saturated carbocycles. The van der Waals surface area contributed by atoms with Gasteiger partial charge in [0.15, 0.2) is 0 Å². The van der Waals surface area contributed by atoms with Crippen LogP contribution in [0.3, 0.4) is 0 Å². The molecule has 9 heteroatoms. The number of primary amides is 1. The molecule has 0 saturated heterocycles. The van der Waals surface area contributed by atoms with E-state index in [4.69, 9.17) is 17.3 Å². The van der Waals surface area contributed by atoms with Crippen LogP contribution in [-0.2, 0) is 14.8 Å². The monoisotopic (exact) mass is 554 g/mol. The van der Waals surface area contributed by atoms with Gasteiger partial charge >= 0.3 is 154 Å². The third kappa shape index (κ3) is 8.11. The molecule has 2 unspecified atom stereocenters. The summed E-state index contributed by atoms with van der Waals surface area (Å²) in [6.45, 7) is 3.90. The predicted octanol–water partition coefficient (Wildman–Crippen LogP) is 2.97. The van der Waals surface area contributed by atoms with Crippen molar-refractivity contribution >= 4 is 48.7 Å². The first-order chi connectivity index (χ1) is 15.6. The number of carbonyl (C=O) groups excluding carboxylic acids is 1. The maximum absolute atomic E-state index is 13.4. The Labute approximate surface area is 211 Å². The fourth-order valence-electron chi connectivity index (χ4n) is 3.90. The molecule has 0 aliphatic rings. The van der Waals surface area contributed by atoms with Crippen LogP contribution in [0.1, 0.15) is 51.0 Å². The van der Waals surface area contributed by atoms with Crippen LogP contribution in [0.2, 0.25) is 5.02 Å². The standard InChI is InChI=1S/C24H32AsClN2O4S/c1-17(2)15-28(33(31,32)21-12-10-19(25)11-13-21)20(16-29)7-5-6-18(14-24(27)30)22-8-3-4-9-23(22)26/h3-4,8-13,17-18,20,29H,5-7,14-16H2,1-2H3,(H2,27,30). The van der Waals surface area contributed by atoms with E-state index >= 15 is 0 Å². The Morgan fingerprint density at radius 3 is 2.30 bits per heavy atom. The first kappa shape index (κ1) is 27.9. The molecule has 0 aliphatic heterocycles. The van der Waals surface area contributed by atoms with Gasteiger partial charge < -0.3 is 5.73 Å². The summed E-state index contributed by atoms with van der Waals surface area (Å²) in [5.74, 6) is -0.497. The number of nitrogens with zero attached hydrogens (tertiary/aromatic N) is 1. The van der Waals surface area contributed by atoms with Gasteiger partial charge in [-0.1, -0.05) is 29.8 Å². The second kappa shape index (κ2) is 12.9. The van der Waals surface area contributed by atoms with E-state index in [1.165, 1.54) is 4.31 Å². The molecule has 0 fully saturated rings. The Balaban J connectivity index is 2.21. The van der Waals surface area contributed by atoms with E-state index in [0.717, 1.165) is 9.91 Å². The van der Waals surface area contributed by atoms with E-state index in [1.807, 2.05) is 32.0 Å². The first-order valence-electron chi connectivity index (χ1n) is 11.0. The van der Waals surface area contributed by atoms with Gasteiger partial charge in [-0.05, 0) is 6.07 Å². The number of sulfonamides is 1.